The van der Waals surface area contributed by atoms with E-state index in [4.69, 9.17) is 21.1 Å². The van der Waals surface area contributed by atoms with Gasteiger partial charge < -0.3 is 9.47 Å². The van der Waals surface area contributed by atoms with Gasteiger partial charge in [-0.1, -0.05) is 25.1 Å². The van der Waals surface area contributed by atoms with Gasteiger partial charge >= 0.3 is 0 Å². The van der Waals surface area contributed by atoms with E-state index in [1.54, 1.807) is 7.11 Å². The Morgan fingerprint density at radius 3 is 2.53 bits per heavy atom. The topological polar surface area (TPSA) is 18.5 Å². The number of rotatable bonds is 5. The van der Waals surface area contributed by atoms with E-state index in [2.05, 4.69) is 6.92 Å². The molecule has 2 aromatic carbocycles. The molecule has 0 radical (unpaired) electrons. The molecule has 0 saturated carbocycles. The summed E-state index contributed by atoms with van der Waals surface area (Å²) >= 11 is 5.82. The maximum absolute atomic E-state index is 5.86. The minimum Gasteiger partial charge on any atom is -0.493 e. The molecule has 0 spiro atoms. The summed E-state index contributed by atoms with van der Waals surface area (Å²) in [7, 11) is 1.65. The van der Waals surface area contributed by atoms with Crippen molar-refractivity contribution in [3.05, 3.63) is 53.6 Å². The van der Waals surface area contributed by atoms with Crippen LogP contribution in [0.2, 0.25) is 0 Å². The lowest BCUT2D eigenvalue weighted by atomic mass is 10.1. The predicted molar refractivity (Wildman–Crippen MR) is 78.4 cm³/mol. The van der Waals surface area contributed by atoms with Crippen molar-refractivity contribution in [1.29, 1.82) is 0 Å². The molecule has 0 aromatic heterocycles. The van der Waals surface area contributed by atoms with Crippen molar-refractivity contribution in [2.45, 2.75) is 19.2 Å². The van der Waals surface area contributed by atoms with E-state index in [1.165, 1.54) is 5.56 Å². The molecule has 0 aliphatic rings. The summed E-state index contributed by atoms with van der Waals surface area (Å²) in [6.07, 6.45) is 0.971. The largest absolute Gasteiger partial charge is 0.493 e. The van der Waals surface area contributed by atoms with Crippen LogP contribution in [-0.4, -0.2) is 7.11 Å². The fourth-order valence-electron chi connectivity index (χ4n) is 1.84. The highest BCUT2D eigenvalue weighted by atomic mass is 35.5. The van der Waals surface area contributed by atoms with Crippen molar-refractivity contribution in [2.24, 2.45) is 0 Å². The van der Waals surface area contributed by atoms with Crippen molar-refractivity contribution < 1.29 is 9.47 Å². The predicted octanol–water partition coefficient (Wildman–Crippen LogP) is 4.79. The van der Waals surface area contributed by atoms with Crippen LogP contribution in [0.1, 0.15) is 18.1 Å². The van der Waals surface area contributed by atoms with Gasteiger partial charge in [0.2, 0.25) is 0 Å². The standard InChI is InChI=1S/C16H17ClO2/c1-3-12-7-8-15(16(10-12)18-2)19-14-6-4-5-13(9-14)11-17/h4-10H,3,11H2,1-2H3. The number of aryl methyl sites for hydroxylation is 1. The van der Waals surface area contributed by atoms with Crippen LogP contribution in [0.25, 0.3) is 0 Å². The zero-order valence-electron chi connectivity index (χ0n) is 11.2. The van der Waals surface area contributed by atoms with Gasteiger partial charge in [0, 0.05) is 5.88 Å². The first kappa shape index (κ1) is 13.8. The van der Waals surface area contributed by atoms with Crippen LogP contribution in [0, 0.1) is 0 Å². The van der Waals surface area contributed by atoms with E-state index < -0.39 is 0 Å². The zero-order valence-corrected chi connectivity index (χ0v) is 11.9. The average Bonchev–Trinajstić information content (AvgIpc) is 2.48. The van der Waals surface area contributed by atoms with Crippen molar-refractivity contribution in [3.63, 3.8) is 0 Å². The minimum absolute atomic E-state index is 0.475. The Bertz CT molecular complexity index is 552. The number of alkyl halides is 1. The molecule has 19 heavy (non-hydrogen) atoms. The third-order valence-electron chi connectivity index (χ3n) is 2.92. The summed E-state index contributed by atoms with van der Waals surface area (Å²) in [6.45, 7) is 2.11. The molecule has 0 fully saturated rings. The van der Waals surface area contributed by atoms with Crippen LogP contribution in [0.3, 0.4) is 0 Å². The lowest BCUT2D eigenvalue weighted by Gasteiger charge is -2.12. The summed E-state index contributed by atoms with van der Waals surface area (Å²) in [5.41, 5.74) is 2.25. The summed E-state index contributed by atoms with van der Waals surface area (Å²) in [4.78, 5) is 0. The Morgan fingerprint density at radius 1 is 1.00 bits per heavy atom. The average molecular weight is 277 g/mol. The summed E-state index contributed by atoms with van der Waals surface area (Å²) in [6, 6.07) is 13.7. The van der Waals surface area contributed by atoms with Gasteiger partial charge in [-0.15, -0.1) is 11.6 Å². The molecule has 100 valence electrons. The Morgan fingerprint density at radius 2 is 1.84 bits per heavy atom. The number of hydrogen-bond donors (Lipinski definition) is 0. The zero-order chi connectivity index (χ0) is 13.7. The molecule has 2 rings (SSSR count). The van der Waals surface area contributed by atoms with Crippen LogP contribution in [0.5, 0.6) is 17.2 Å². The quantitative estimate of drug-likeness (QED) is 0.731. The number of hydrogen-bond acceptors (Lipinski definition) is 2. The van der Waals surface area contributed by atoms with Gasteiger partial charge in [-0.2, -0.15) is 0 Å². The second-order valence-corrected chi connectivity index (χ2v) is 4.49. The first-order valence-electron chi connectivity index (χ1n) is 6.26. The molecule has 0 atom stereocenters. The van der Waals surface area contributed by atoms with Gasteiger partial charge in [-0.05, 0) is 41.8 Å². The fourth-order valence-corrected chi connectivity index (χ4v) is 2.00. The molecular weight excluding hydrogens is 260 g/mol. The minimum atomic E-state index is 0.475. The molecule has 0 bridgehead atoms. The van der Waals surface area contributed by atoms with Crippen LogP contribution in [0.4, 0.5) is 0 Å². The summed E-state index contributed by atoms with van der Waals surface area (Å²) < 4.78 is 11.2. The second-order valence-electron chi connectivity index (χ2n) is 4.22. The molecule has 2 aromatic rings. The molecule has 0 N–H and O–H groups in total. The lowest BCUT2D eigenvalue weighted by Crippen LogP contribution is -1.92. The molecule has 0 aliphatic carbocycles. The molecule has 0 amide bonds. The van der Waals surface area contributed by atoms with E-state index >= 15 is 0 Å². The molecular formula is C16H17ClO2. The lowest BCUT2D eigenvalue weighted by molar-refractivity contribution is 0.378. The summed E-state index contributed by atoms with van der Waals surface area (Å²) in [5.74, 6) is 2.70. The third-order valence-corrected chi connectivity index (χ3v) is 3.23. The first-order valence-corrected chi connectivity index (χ1v) is 6.80. The second kappa shape index (κ2) is 6.48. The fraction of sp³-hybridized carbons (Fsp3) is 0.250. The van der Waals surface area contributed by atoms with Gasteiger partial charge in [0.1, 0.15) is 5.75 Å². The molecule has 2 nitrogen and oxygen atoms in total. The van der Waals surface area contributed by atoms with E-state index in [0.29, 0.717) is 11.6 Å². The molecule has 0 saturated heterocycles. The maximum Gasteiger partial charge on any atom is 0.169 e. The van der Waals surface area contributed by atoms with Crippen molar-refractivity contribution >= 4 is 11.6 Å². The SMILES string of the molecule is CCc1ccc(Oc2cccc(CCl)c2)c(OC)c1. The highest BCUT2D eigenvalue weighted by molar-refractivity contribution is 6.17. The van der Waals surface area contributed by atoms with Gasteiger partial charge in [-0.25, -0.2) is 0 Å². The number of benzene rings is 2. The Hall–Kier alpha value is -1.67. The van der Waals surface area contributed by atoms with Gasteiger partial charge in [0.15, 0.2) is 11.5 Å². The highest BCUT2D eigenvalue weighted by Crippen LogP contribution is 2.32. The van der Waals surface area contributed by atoms with E-state index in [9.17, 15) is 0 Å². The van der Waals surface area contributed by atoms with Crippen LogP contribution in [-0.2, 0) is 12.3 Å². The normalized spacial score (nSPS) is 10.3. The molecule has 0 aliphatic heterocycles. The third kappa shape index (κ3) is 3.42. The smallest absolute Gasteiger partial charge is 0.169 e. The van der Waals surface area contributed by atoms with Crippen molar-refractivity contribution in [3.8, 4) is 17.2 Å². The Balaban J connectivity index is 2.26. The number of ether oxygens (including phenoxy) is 2. The van der Waals surface area contributed by atoms with E-state index in [1.807, 2.05) is 42.5 Å². The summed E-state index contributed by atoms with van der Waals surface area (Å²) in [5, 5.41) is 0. The van der Waals surface area contributed by atoms with Gasteiger partial charge in [0.25, 0.3) is 0 Å². The Labute approximate surface area is 118 Å². The molecule has 0 heterocycles. The van der Waals surface area contributed by atoms with Crippen LogP contribution in [0.15, 0.2) is 42.5 Å². The van der Waals surface area contributed by atoms with E-state index in [-0.39, 0.29) is 0 Å². The van der Waals surface area contributed by atoms with Crippen molar-refractivity contribution in [1.82, 2.24) is 0 Å². The number of methoxy groups -OCH3 is 1. The monoisotopic (exact) mass is 276 g/mol. The first-order chi connectivity index (χ1) is 9.26. The Kier molecular flexibility index (Phi) is 4.69. The van der Waals surface area contributed by atoms with Crippen molar-refractivity contribution in [2.75, 3.05) is 7.11 Å². The van der Waals surface area contributed by atoms with Crippen LogP contribution < -0.4 is 9.47 Å². The van der Waals surface area contributed by atoms with Gasteiger partial charge in [0.05, 0.1) is 7.11 Å². The molecule has 3 heteroatoms. The highest BCUT2D eigenvalue weighted by Gasteiger charge is 2.06. The maximum atomic E-state index is 5.86. The van der Waals surface area contributed by atoms with E-state index in [0.717, 1.165) is 23.5 Å². The molecule has 0 unspecified atom stereocenters. The van der Waals surface area contributed by atoms with Crippen LogP contribution >= 0.6 is 11.6 Å². The number of halogens is 1. The van der Waals surface area contributed by atoms with Gasteiger partial charge in [-0.3, -0.25) is 0 Å².